The third kappa shape index (κ3) is 3.92. The number of nitrogens with one attached hydrogen (secondary N) is 1. The zero-order valence-electron chi connectivity index (χ0n) is 15.3. The first-order valence-corrected chi connectivity index (χ1v) is 11.1. The first-order valence-electron chi connectivity index (χ1n) is 8.44. The summed E-state index contributed by atoms with van der Waals surface area (Å²) in [5.41, 5.74) is 1.23. The van der Waals surface area contributed by atoms with E-state index < -0.39 is 15.9 Å². The molecule has 10 heteroatoms. The molecule has 1 amide bonds. The third-order valence-corrected chi connectivity index (χ3v) is 7.86. The lowest BCUT2D eigenvalue weighted by molar-refractivity contribution is 0.0730. The molecule has 0 unspecified atom stereocenters. The Bertz CT molecular complexity index is 1070. The van der Waals surface area contributed by atoms with Crippen molar-refractivity contribution in [1.82, 2.24) is 4.31 Å². The van der Waals surface area contributed by atoms with Gasteiger partial charge in [0.05, 0.1) is 34.3 Å². The molecule has 0 saturated carbocycles. The largest absolute Gasteiger partial charge is 0.379 e. The van der Waals surface area contributed by atoms with Crippen LogP contribution in [0.1, 0.15) is 26.4 Å². The van der Waals surface area contributed by atoms with Gasteiger partial charge in [0.25, 0.3) is 5.91 Å². The van der Waals surface area contributed by atoms with Crippen LogP contribution in [0.3, 0.4) is 0 Å². The molecule has 0 spiro atoms. The van der Waals surface area contributed by atoms with Gasteiger partial charge in [0.2, 0.25) is 10.0 Å². The van der Waals surface area contributed by atoms with E-state index in [2.05, 4.69) is 11.4 Å². The van der Waals surface area contributed by atoms with Crippen molar-refractivity contribution in [3.05, 3.63) is 44.8 Å². The first kappa shape index (κ1) is 20.8. The molecule has 3 rings (SSSR count). The van der Waals surface area contributed by atoms with Gasteiger partial charge in [0.1, 0.15) is 11.1 Å². The van der Waals surface area contributed by atoms with Crippen LogP contribution in [0.2, 0.25) is 5.02 Å². The van der Waals surface area contributed by atoms with E-state index >= 15 is 0 Å². The highest BCUT2D eigenvalue weighted by Gasteiger charge is 2.28. The lowest BCUT2D eigenvalue weighted by Gasteiger charge is -2.26. The molecule has 1 aromatic carbocycles. The van der Waals surface area contributed by atoms with E-state index in [1.807, 2.05) is 13.8 Å². The lowest BCUT2D eigenvalue weighted by Crippen LogP contribution is -2.40. The number of halogens is 1. The van der Waals surface area contributed by atoms with Gasteiger partial charge in [-0.15, -0.1) is 11.3 Å². The second-order valence-corrected chi connectivity index (χ2v) is 9.78. The van der Waals surface area contributed by atoms with Crippen LogP contribution in [-0.4, -0.2) is 44.9 Å². The Hall–Kier alpha value is -1.96. The van der Waals surface area contributed by atoms with E-state index in [0.29, 0.717) is 23.8 Å². The Morgan fingerprint density at radius 3 is 2.64 bits per heavy atom. The number of benzene rings is 1. The van der Waals surface area contributed by atoms with Gasteiger partial charge in [-0.25, -0.2) is 8.42 Å². The molecule has 0 aliphatic carbocycles. The van der Waals surface area contributed by atoms with E-state index in [0.717, 1.165) is 10.4 Å². The zero-order chi connectivity index (χ0) is 20.5. The number of carbonyl (C=O) groups excluding carboxylic acids is 1. The fourth-order valence-corrected chi connectivity index (χ4v) is 5.44. The van der Waals surface area contributed by atoms with Gasteiger partial charge in [-0.2, -0.15) is 9.57 Å². The number of carbonyl (C=O) groups is 1. The highest BCUT2D eigenvalue weighted by Crippen LogP contribution is 2.33. The summed E-state index contributed by atoms with van der Waals surface area (Å²) in [7, 11) is -3.76. The number of anilines is 1. The van der Waals surface area contributed by atoms with Crippen molar-refractivity contribution < 1.29 is 17.9 Å². The second-order valence-electron chi connectivity index (χ2n) is 6.21. The predicted octanol–water partition coefficient (Wildman–Crippen LogP) is 3.16. The van der Waals surface area contributed by atoms with Crippen LogP contribution in [0.15, 0.2) is 23.1 Å². The monoisotopic (exact) mass is 439 g/mol. The van der Waals surface area contributed by atoms with Crippen molar-refractivity contribution in [2.75, 3.05) is 31.6 Å². The summed E-state index contributed by atoms with van der Waals surface area (Å²) in [6, 6.07) is 6.12. The summed E-state index contributed by atoms with van der Waals surface area (Å²) in [5.74, 6) is -0.568. The Morgan fingerprint density at radius 2 is 2.00 bits per heavy atom. The number of aryl methyl sites for hydroxylation is 1. The smallest absolute Gasteiger partial charge is 0.257 e. The molecular formula is C18H18ClN3O4S2. The Morgan fingerprint density at radius 1 is 1.32 bits per heavy atom. The molecule has 1 fully saturated rings. The maximum atomic E-state index is 12.8. The summed E-state index contributed by atoms with van der Waals surface area (Å²) in [5, 5.41) is 12.6. The molecule has 0 bridgehead atoms. The van der Waals surface area contributed by atoms with Gasteiger partial charge in [-0.3, -0.25) is 4.79 Å². The fourth-order valence-electron chi connectivity index (χ4n) is 2.79. The van der Waals surface area contributed by atoms with E-state index in [1.54, 1.807) is 0 Å². The molecule has 1 N–H and O–H groups in total. The van der Waals surface area contributed by atoms with E-state index in [9.17, 15) is 18.5 Å². The van der Waals surface area contributed by atoms with E-state index in [4.69, 9.17) is 16.3 Å². The molecule has 1 aromatic heterocycles. The summed E-state index contributed by atoms with van der Waals surface area (Å²) < 4.78 is 32.2. The number of nitrogens with zero attached hydrogens (tertiary/aromatic N) is 2. The van der Waals surface area contributed by atoms with Crippen molar-refractivity contribution in [2.24, 2.45) is 0 Å². The Kier molecular flexibility index (Phi) is 6.07. The molecule has 0 radical (unpaired) electrons. The second kappa shape index (κ2) is 8.19. The van der Waals surface area contributed by atoms with Crippen LogP contribution in [0.5, 0.6) is 0 Å². The number of amides is 1. The molecule has 1 saturated heterocycles. The molecule has 1 aliphatic heterocycles. The Balaban J connectivity index is 1.92. The molecule has 2 heterocycles. The fraction of sp³-hybridized carbons (Fsp3) is 0.333. The quantitative estimate of drug-likeness (QED) is 0.788. The van der Waals surface area contributed by atoms with Gasteiger partial charge in [-0.05, 0) is 37.6 Å². The van der Waals surface area contributed by atoms with Crippen molar-refractivity contribution in [2.45, 2.75) is 18.7 Å². The minimum Gasteiger partial charge on any atom is -0.379 e. The molecule has 1 aliphatic rings. The van der Waals surface area contributed by atoms with Crippen molar-refractivity contribution >= 4 is 43.9 Å². The molecular weight excluding hydrogens is 422 g/mol. The lowest BCUT2D eigenvalue weighted by atomic mass is 10.1. The van der Waals surface area contributed by atoms with Crippen LogP contribution in [0, 0.1) is 25.2 Å². The number of hydrogen-bond donors (Lipinski definition) is 1. The summed E-state index contributed by atoms with van der Waals surface area (Å²) in [6.07, 6.45) is 0. The minimum absolute atomic E-state index is 0.0111. The molecule has 2 aromatic rings. The minimum atomic E-state index is -3.76. The number of nitriles is 1. The van der Waals surface area contributed by atoms with Crippen LogP contribution in [-0.2, 0) is 14.8 Å². The normalized spacial score (nSPS) is 15.2. The highest BCUT2D eigenvalue weighted by atomic mass is 35.5. The van der Waals surface area contributed by atoms with Crippen LogP contribution >= 0.6 is 22.9 Å². The maximum absolute atomic E-state index is 12.8. The van der Waals surface area contributed by atoms with Gasteiger partial charge >= 0.3 is 0 Å². The summed E-state index contributed by atoms with van der Waals surface area (Å²) in [6.45, 7) is 4.83. The van der Waals surface area contributed by atoms with Crippen LogP contribution in [0.25, 0.3) is 0 Å². The summed E-state index contributed by atoms with van der Waals surface area (Å²) in [4.78, 5) is 13.7. The van der Waals surface area contributed by atoms with E-state index in [-0.39, 0.29) is 28.6 Å². The van der Waals surface area contributed by atoms with Crippen molar-refractivity contribution in [1.29, 1.82) is 5.26 Å². The van der Waals surface area contributed by atoms with Gasteiger partial charge < -0.3 is 10.1 Å². The number of ether oxygens (including phenoxy) is 1. The number of rotatable bonds is 4. The third-order valence-electron chi connectivity index (χ3n) is 4.51. The first-order chi connectivity index (χ1) is 13.3. The average Bonchev–Trinajstić information content (AvgIpc) is 2.95. The van der Waals surface area contributed by atoms with Crippen molar-refractivity contribution in [3.63, 3.8) is 0 Å². The highest BCUT2D eigenvalue weighted by molar-refractivity contribution is 7.89. The summed E-state index contributed by atoms with van der Waals surface area (Å²) >= 11 is 7.44. The predicted molar refractivity (Wildman–Crippen MR) is 107 cm³/mol. The Labute approximate surface area is 172 Å². The average molecular weight is 440 g/mol. The van der Waals surface area contributed by atoms with Gasteiger partial charge in [-0.1, -0.05) is 11.6 Å². The molecule has 0 atom stereocenters. The molecule has 148 valence electrons. The zero-order valence-corrected chi connectivity index (χ0v) is 17.7. The van der Waals surface area contributed by atoms with Gasteiger partial charge in [0.15, 0.2) is 0 Å². The number of thiophene rings is 1. The van der Waals surface area contributed by atoms with Gasteiger partial charge in [0, 0.05) is 18.0 Å². The topological polar surface area (TPSA) is 99.5 Å². The SMILES string of the molecule is Cc1sc(NC(=O)c2cc(S(=O)(=O)N3CCOCC3)ccc2Cl)c(C#N)c1C. The van der Waals surface area contributed by atoms with Crippen LogP contribution < -0.4 is 5.32 Å². The molecule has 7 nitrogen and oxygen atoms in total. The van der Waals surface area contributed by atoms with E-state index in [1.165, 1.54) is 33.8 Å². The number of hydrogen-bond acceptors (Lipinski definition) is 6. The standard InChI is InChI=1S/C18H18ClN3O4S2/c1-11-12(2)27-18(15(11)10-20)21-17(23)14-9-13(3-4-16(14)19)28(24,25)22-5-7-26-8-6-22/h3-4,9H,5-8H2,1-2H3,(H,21,23). The maximum Gasteiger partial charge on any atom is 0.257 e. The van der Waals surface area contributed by atoms with Crippen molar-refractivity contribution in [3.8, 4) is 6.07 Å². The number of morpholine rings is 1. The number of sulfonamides is 1. The van der Waals surface area contributed by atoms with Crippen LogP contribution in [0.4, 0.5) is 5.00 Å². The molecule has 28 heavy (non-hydrogen) atoms.